The molecule has 1 aliphatic heterocycles. The van der Waals surface area contributed by atoms with Crippen LogP contribution in [0.3, 0.4) is 0 Å². The van der Waals surface area contributed by atoms with Gasteiger partial charge in [-0.2, -0.15) is 10.2 Å². The molecule has 1 saturated heterocycles. The molecule has 156 valence electrons. The Bertz CT molecular complexity index is 1050. The largest absolute Gasteiger partial charge is 0.318 e. The number of carbonyl (C=O) groups is 1. The molecule has 1 fully saturated rings. The van der Waals surface area contributed by atoms with E-state index in [1.807, 2.05) is 16.9 Å². The molecule has 2 aromatic heterocycles. The van der Waals surface area contributed by atoms with Crippen LogP contribution in [0.25, 0.3) is 0 Å². The Morgan fingerprint density at radius 3 is 2.80 bits per heavy atom. The third-order valence-electron chi connectivity index (χ3n) is 6.42. The number of nitrogens with zero attached hydrogens (tertiary/aromatic N) is 3. The van der Waals surface area contributed by atoms with E-state index >= 15 is 0 Å². The van der Waals surface area contributed by atoms with Crippen molar-refractivity contribution in [2.45, 2.75) is 39.2 Å². The van der Waals surface area contributed by atoms with Crippen LogP contribution in [0.1, 0.15) is 53.6 Å². The van der Waals surface area contributed by atoms with E-state index in [0.29, 0.717) is 17.3 Å². The second-order valence-electron chi connectivity index (χ2n) is 9.31. The zero-order chi connectivity index (χ0) is 20.7. The molecule has 7 nitrogen and oxygen atoms in total. The van der Waals surface area contributed by atoms with Gasteiger partial charge in [-0.05, 0) is 30.2 Å². The predicted molar refractivity (Wildman–Crippen MR) is 116 cm³/mol. The van der Waals surface area contributed by atoms with Gasteiger partial charge < -0.3 is 10.6 Å². The number of amides is 1. The van der Waals surface area contributed by atoms with E-state index < -0.39 is 0 Å². The number of aromatic nitrogens is 4. The topological polar surface area (TPSA) is 87.6 Å². The molecule has 1 aromatic carbocycles. The van der Waals surface area contributed by atoms with E-state index in [0.717, 1.165) is 43.6 Å². The van der Waals surface area contributed by atoms with Gasteiger partial charge in [-0.3, -0.25) is 14.6 Å². The van der Waals surface area contributed by atoms with Gasteiger partial charge in [0.05, 0.1) is 17.9 Å². The van der Waals surface area contributed by atoms with E-state index in [9.17, 15) is 4.79 Å². The Labute approximate surface area is 176 Å². The fourth-order valence-corrected chi connectivity index (χ4v) is 4.61. The van der Waals surface area contributed by atoms with Crippen LogP contribution >= 0.6 is 0 Å². The zero-order valence-electron chi connectivity index (χ0n) is 17.5. The first kappa shape index (κ1) is 19.1. The minimum absolute atomic E-state index is 0.151. The lowest BCUT2D eigenvalue weighted by Crippen LogP contribution is -2.47. The smallest absolute Gasteiger partial charge is 0.276 e. The van der Waals surface area contributed by atoms with Crippen LogP contribution in [0, 0.1) is 11.3 Å². The maximum atomic E-state index is 12.9. The molecular weight excluding hydrogens is 376 g/mol. The van der Waals surface area contributed by atoms with Crippen molar-refractivity contribution in [2.24, 2.45) is 11.3 Å². The number of carbonyl (C=O) groups excluding carboxylic acids is 1. The third-order valence-corrected chi connectivity index (χ3v) is 6.42. The minimum Gasteiger partial charge on any atom is -0.318 e. The average molecular weight is 405 g/mol. The minimum atomic E-state index is -0.173. The number of aromatic amines is 1. The first-order valence-electron chi connectivity index (χ1n) is 10.7. The summed E-state index contributed by atoms with van der Waals surface area (Å²) in [5.41, 5.74) is 4.83. The summed E-state index contributed by atoms with van der Waals surface area (Å²) < 4.78 is 1.97. The van der Waals surface area contributed by atoms with Crippen LogP contribution in [0.5, 0.6) is 0 Å². The second-order valence-corrected chi connectivity index (χ2v) is 9.31. The van der Waals surface area contributed by atoms with Gasteiger partial charge in [-0.25, -0.2) is 0 Å². The summed E-state index contributed by atoms with van der Waals surface area (Å²) in [4.78, 5) is 12.9. The Balaban J connectivity index is 1.35. The molecular formula is C23H28N6O. The summed E-state index contributed by atoms with van der Waals surface area (Å²) in [5.74, 6) is 0.311. The van der Waals surface area contributed by atoms with Crippen molar-refractivity contribution in [2.75, 3.05) is 18.4 Å². The monoisotopic (exact) mass is 404 g/mol. The number of hydrogen-bond acceptors (Lipinski definition) is 4. The molecule has 5 rings (SSSR count). The van der Waals surface area contributed by atoms with Gasteiger partial charge in [-0.1, -0.05) is 44.2 Å². The van der Waals surface area contributed by atoms with Crippen molar-refractivity contribution in [3.8, 4) is 0 Å². The normalized spacial score (nSPS) is 19.0. The highest BCUT2D eigenvalue weighted by Gasteiger charge is 2.32. The van der Waals surface area contributed by atoms with Crippen molar-refractivity contribution in [1.82, 2.24) is 25.3 Å². The summed E-state index contributed by atoms with van der Waals surface area (Å²) in [5, 5.41) is 18.3. The SMILES string of the molecule is CC1(C)CCc2c(C(=O)Nc3cnn(C(c4ccccc4)C4CNC4)c3)n[nH]c2C1. The number of hydrogen-bond donors (Lipinski definition) is 3. The molecule has 0 saturated carbocycles. The van der Waals surface area contributed by atoms with Crippen molar-refractivity contribution in [1.29, 1.82) is 0 Å². The van der Waals surface area contributed by atoms with Gasteiger partial charge in [0.25, 0.3) is 5.91 Å². The summed E-state index contributed by atoms with van der Waals surface area (Å²) >= 11 is 0. The van der Waals surface area contributed by atoms with Crippen LogP contribution in [0.15, 0.2) is 42.7 Å². The number of H-pyrrole nitrogens is 1. The number of fused-ring (bicyclic) bond motifs is 1. The third kappa shape index (κ3) is 3.54. The van der Waals surface area contributed by atoms with Crippen LogP contribution in [-0.4, -0.2) is 39.0 Å². The van der Waals surface area contributed by atoms with Crippen LogP contribution < -0.4 is 10.6 Å². The van der Waals surface area contributed by atoms with Gasteiger partial charge >= 0.3 is 0 Å². The molecule has 0 radical (unpaired) electrons. The molecule has 3 aromatic rings. The number of rotatable bonds is 5. The highest BCUT2D eigenvalue weighted by Crippen LogP contribution is 2.35. The predicted octanol–water partition coefficient (Wildman–Crippen LogP) is 3.18. The van der Waals surface area contributed by atoms with Crippen LogP contribution in [0.4, 0.5) is 5.69 Å². The summed E-state index contributed by atoms with van der Waals surface area (Å²) in [6.45, 7) is 6.45. The average Bonchev–Trinajstić information content (AvgIpc) is 3.30. The van der Waals surface area contributed by atoms with Crippen molar-refractivity contribution in [3.63, 3.8) is 0 Å². The van der Waals surface area contributed by atoms with Gasteiger partial charge in [0.2, 0.25) is 0 Å². The Kier molecular flexibility index (Phi) is 4.70. The van der Waals surface area contributed by atoms with Gasteiger partial charge in [0.1, 0.15) is 0 Å². The second kappa shape index (κ2) is 7.40. The number of benzene rings is 1. The van der Waals surface area contributed by atoms with E-state index in [1.54, 1.807) is 6.20 Å². The molecule has 3 heterocycles. The van der Waals surface area contributed by atoms with Crippen molar-refractivity contribution in [3.05, 3.63) is 65.2 Å². The molecule has 1 atom stereocenters. The van der Waals surface area contributed by atoms with E-state index in [-0.39, 0.29) is 17.4 Å². The summed E-state index contributed by atoms with van der Waals surface area (Å²) in [7, 11) is 0. The van der Waals surface area contributed by atoms with E-state index in [2.05, 4.69) is 64.0 Å². The molecule has 0 bridgehead atoms. The Morgan fingerprint density at radius 2 is 2.07 bits per heavy atom. The fraction of sp³-hybridized carbons (Fsp3) is 0.435. The van der Waals surface area contributed by atoms with Gasteiger partial charge in [0.15, 0.2) is 5.69 Å². The Hall–Kier alpha value is -2.93. The van der Waals surface area contributed by atoms with Crippen molar-refractivity contribution < 1.29 is 4.79 Å². The van der Waals surface area contributed by atoms with Crippen LogP contribution in [0.2, 0.25) is 0 Å². The maximum Gasteiger partial charge on any atom is 0.276 e. The first-order valence-corrected chi connectivity index (χ1v) is 10.7. The molecule has 2 aliphatic rings. The summed E-state index contributed by atoms with van der Waals surface area (Å²) in [6.07, 6.45) is 6.52. The molecule has 1 amide bonds. The molecule has 7 heteroatoms. The van der Waals surface area contributed by atoms with Gasteiger partial charge in [0, 0.05) is 36.5 Å². The molecule has 1 unspecified atom stereocenters. The number of anilines is 1. The fourth-order valence-electron chi connectivity index (χ4n) is 4.61. The molecule has 3 N–H and O–H groups in total. The highest BCUT2D eigenvalue weighted by molar-refractivity contribution is 6.03. The quantitative estimate of drug-likeness (QED) is 0.609. The van der Waals surface area contributed by atoms with Crippen molar-refractivity contribution >= 4 is 11.6 Å². The molecule has 30 heavy (non-hydrogen) atoms. The molecule has 1 aliphatic carbocycles. The zero-order valence-corrected chi connectivity index (χ0v) is 17.5. The molecule has 0 spiro atoms. The maximum absolute atomic E-state index is 12.9. The number of nitrogens with one attached hydrogen (secondary N) is 3. The summed E-state index contributed by atoms with van der Waals surface area (Å²) in [6, 6.07) is 10.6. The lowest BCUT2D eigenvalue weighted by molar-refractivity contribution is 0.102. The lowest BCUT2D eigenvalue weighted by atomic mass is 9.76. The van der Waals surface area contributed by atoms with E-state index in [1.165, 1.54) is 5.56 Å². The lowest BCUT2D eigenvalue weighted by Gasteiger charge is -2.35. The van der Waals surface area contributed by atoms with Crippen LogP contribution in [-0.2, 0) is 12.8 Å². The van der Waals surface area contributed by atoms with E-state index in [4.69, 9.17) is 0 Å². The standard InChI is InChI=1S/C23H28N6O/c1-23(2)9-8-18-19(10-23)27-28-20(18)22(30)26-17-13-25-29(14-17)21(16-11-24-12-16)15-6-4-3-5-7-15/h3-7,13-14,16,21,24H,8-12H2,1-2H3,(H,26,30)(H,27,28). The Morgan fingerprint density at radius 1 is 1.27 bits per heavy atom. The first-order chi connectivity index (χ1) is 14.5. The van der Waals surface area contributed by atoms with Gasteiger partial charge in [-0.15, -0.1) is 0 Å². The highest BCUT2D eigenvalue weighted by atomic mass is 16.2.